The van der Waals surface area contributed by atoms with E-state index in [1.807, 2.05) is 13.8 Å². The molecule has 1 amide bonds. The number of hydrogen-bond acceptors (Lipinski definition) is 5. The van der Waals surface area contributed by atoms with Crippen LogP contribution in [0.4, 0.5) is 4.79 Å². The molecular formula is C11H21N3O2S. The molecule has 1 aliphatic carbocycles. The lowest BCUT2D eigenvalue weighted by atomic mass is 9.96. The number of nitrogens with zero attached hydrogens (tertiary/aromatic N) is 2. The van der Waals surface area contributed by atoms with Gasteiger partial charge in [0.05, 0.1) is 25.2 Å². The molecule has 0 bridgehead atoms. The lowest BCUT2D eigenvalue weighted by Crippen LogP contribution is -2.39. The lowest BCUT2D eigenvalue weighted by Gasteiger charge is -2.22. The van der Waals surface area contributed by atoms with Gasteiger partial charge in [-0.15, -0.1) is 0 Å². The average Bonchev–Trinajstić information content (AvgIpc) is 2.27. The zero-order valence-corrected chi connectivity index (χ0v) is 11.5. The summed E-state index contributed by atoms with van der Waals surface area (Å²) in [5.41, 5.74) is -0.667. The quantitative estimate of drug-likeness (QED) is 0.620. The van der Waals surface area contributed by atoms with Gasteiger partial charge in [0.15, 0.2) is 0 Å². The highest BCUT2D eigenvalue weighted by molar-refractivity contribution is 8.09. The third kappa shape index (κ3) is 6.02. The van der Waals surface area contributed by atoms with E-state index in [4.69, 9.17) is 0 Å². The summed E-state index contributed by atoms with van der Waals surface area (Å²) in [5, 5.41) is 11.0. The molecule has 0 atom stereocenters. The number of nitrogens with one attached hydrogen (secondary N) is 1. The zero-order chi connectivity index (χ0) is 12.7. The van der Waals surface area contributed by atoms with Gasteiger partial charge in [0, 0.05) is 0 Å². The van der Waals surface area contributed by atoms with Gasteiger partial charge in [0.1, 0.15) is 5.66 Å². The summed E-state index contributed by atoms with van der Waals surface area (Å²) in [7, 11) is 1.46. The summed E-state index contributed by atoms with van der Waals surface area (Å²) in [6.07, 6.45) is 5.99. The number of azo groups is 1. The molecule has 1 rings (SSSR count). The Labute approximate surface area is 107 Å². The van der Waals surface area contributed by atoms with Crippen LogP contribution in [0.25, 0.3) is 0 Å². The standard InChI is InChI=1S/C11H21N3O2S/c1-11(2,12-10(15)17-16-3)14-13-9-7-5-4-6-8-9/h9H,4-8H2,1-3H3,(H,12,15). The van der Waals surface area contributed by atoms with Gasteiger partial charge in [-0.1, -0.05) is 19.3 Å². The number of hydrogen-bond donors (Lipinski definition) is 1. The van der Waals surface area contributed by atoms with Crippen LogP contribution in [0.5, 0.6) is 0 Å². The number of carbonyl (C=O) groups excluding carboxylic acids is 1. The molecule has 0 aliphatic heterocycles. The monoisotopic (exact) mass is 259 g/mol. The Morgan fingerprint density at radius 2 is 2.00 bits per heavy atom. The molecule has 0 spiro atoms. The van der Waals surface area contributed by atoms with Crippen molar-refractivity contribution in [1.29, 1.82) is 0 Å². The Morgan fingerprint density at radius 1 is 1.35 bits per heavy atom. The molecule has 17 heavy (non-hydrogen) atoms. The number of carbonyl (C=O) groups is 1. The van der Waals surface area contributed by atoms with Crippen molar-refractivity contribution in [2.24, 2.45) is 10.2 Å². The maximum absolute atomic E-state index is 11.3. The number of amides is 1. The Bertz CT molecular complexity index is 276. The fourth-order valence-corrected chi connectivity index (χ4v) is 2.24. The Balaban J connectivity index is 2.40. The summed E-state index contributed by atoms with van der Waals surface area (Å²) < 4.78 is 4.68. The van der Waals surface area contributed by atoms with E-state index in [-0.39, 0.29) is 5.24 Å². The van der Waals surface area contributed by atoms with Crippen LogP contribution in [0.2, 0.25) is 0 Å². The second-order valence-corrected chi connectivity index (χ2v) is 5.60. The first kappa shape index (κ1) is 14.4. The van der Waals surface area contributed by atoms with Gasteiger partial charge >= 0.3 is 5.24 Å². The topological polar surface area (TPSA) is 63.0 Å². The molecular weight excluding hydrogens is 238 g/mol. The molecule has 0 unspecified atom stereocenters. The lowest BCUT2D eigenvalue weighted by molar-refractivity contribution is 0.248. The fraction of sp³-hybridized carbons (Fsp3) is 0.909. The minimum absolute atomic E-state index is 0.250. The third-order valence-corrected chi connectivity index (χ3v) is 3.03. The van der Waals surface area contributed by atoms with Crippen LogP contribution in [0.1, 0.15) is 46.0 Å². The van der Waals surface area contributed by atoms with E-state index in [1.165, 1.54) is 26.4 Å². The molecule has 6 heteroatoms. The highest BCUT2D eigenvalue weighted by atomic mass is 32.2. The maximum atomic E-state index is 11.3. The van der Waals surface area contributed by atoms with Gasteiger partial charge in [-0.25, -0.2) is 0 Å². The van der Waals surface area contributed by atoms with Crippen molar-refractivity contribution in [1.82, 2.24) is 5.32 Å². The number of rotatable bonds is 4. The van der Waals surface area contributed by atoms with Crippen molar-refractivity contribution in [2.75, 3.05) is 7.11 Å². The van der Waals surface area contributed by atoms with E-state index >= 15 is 0 Å². The first-order chi connectivity index (χ1) is 8.03. The highest BCUT2D eigenvalue weighted by Crippen LogP contribution is 2.21. The average molecular weight is 259 g/mol. The minimum atomic E-state index is -0.667. The van der Waals surface area contributed by atoms with Crippen molar-refractivity contribution in [3.63, 3.8) is 0 Å². The van der Waals surface area contributed by atoms with Crippen LogP contribution >= 0.6 is 12.0 Å². The molecule has 1 fully saturated rings. The first-order valence-corrected chi connectivity index (χ1v) is 6.72. The van der Waals surface area contributed by atoms with Crippen LogP contribution in [0.15, 0.2) is 10.2 Å². The van der Waals surface area contributed by atoms with E-state index < -0.39 is 5.66 Å². The van der Waals surface area contributed by atoms with Gasteiger partial charge in [-0.2, -0.15) is 10.2 Å². The summed E-state index contributed by atoms with van der Waals surface area (Å²) in [6.45, 7) is 3.65. The van der Waals surface area contributed by atoms with Crippen molar-refractivity contribution in [2.45, 2.75) is 57.7 Å². The van der Waals surface area contributed by atoms with E-state index in [2.05, 4.69) is 19.7 Å². The predicted molar refractivity (Wildman–Crippen MR) is 68.9 cm³/mol. The zero-order valence-electron chi connectivity index (χ0n) is 10.7. The van der Waals surface area contributed by atoms with Crippen molar-refractivity contribution in [3.05, 3.63) is 0 Å². The van der Waals surface area contributed by atoms with Crippen molar-refractivity contribution >= 4 is 17.3 Å². The highest BCUT2D eigenvalue weighted by Gasteiger charge is 2.21. The second-order valence-electron chi connectivity index (χ2n) is 4.73. The summed E-state index contributed by atoms with van der Waals surface area (Å²) in [4.78, 5) is 11.3. The molecule has 0 saturated heterocycles. The Kier molecular flexibility index (Phi) is 5.91. The molecule has 5 nitrogen and oxygen atoms in total. The first-order valence-electron chi connectivity index (χ1n) is 5.98. The van der Waals surface area contributed by atoms with Gasteiger partial charge in [-0.3, -0.25) is 4.79 Å². The molecule has 0 aromatic heterocycles. The summed E-state index contributed by atoms with van der Waals surface area (Å²) >= 11 is 0.768. The summed E-state index contributed by atoms with van der Waals surface area (Å²) in [5.74, 6) is 0. The molecule has 0 aromatic rings. The predicted octanol–water partition coefficient (Wildman–Crippen LogP) is 3.51. The van der Waals surface area contributed by atoms with E-state index in [1.54, 1.807) is 0 Å². The van der Waals surface area contributed by atoms with Gasteiger partial charge < -0.3 is 9.50 Å². The SMILES string of the molecule is COSC(=O)NC(C)(C)N=NC1CCCCC1. The van der Waals surface area contributed by atoms with Gasteiger partial charge in [0.2, 0.25) is 0 Å². The van der Waals surface area contributed by atoms with Crippen LogP contribution in [-0.4, -0.2) is 24.1 Å². The van der Waals surface area contributed by atoms with E-state index in [9.17, 15) is 4.79 Å². The minimum Gasteiger partial charge on any atom is -0.320 e. The Morgan fingerprint density at radius 3 is 2.59 bits per heavy atom. The molecule has 98 valence electrons. The smallest absolute Gasteiger partial charge is 0.308 e. The van der Waals surface area contributed by atoms with E-state index in [0.717, 1.165) is 24.9 Å². The molecule has 1 aliphatic rings. The summed E-state index contributed by atoms with van der Waals surface area (Å²) in [6, 6.07) is 0.329. The molecule has 0 heterocycles. The molecule has 0 radical (unpaired) electrons. The van der Waals surface area contributed by atoms with Gasteiger partial charge in [-0.05, 0) is 26.7 Å². The normalized spacial score (nSPS) is 18.5. The third-order valence-electron chi connectivity index (χ3n) is 2.61. The van der Waals surface area contributed by atoms with Crippen LogP contribution in [0, 0.1) is 0 Å². The Hall–Kier alpha value is -0.620. The van der Waals surface area contributed by atoms with Gasteiger partial charge in [0.25, 0.3) is 0 Å². The molecule has 1 N–H and O–H groups in total. The van der Waals surface area contributed by atoms with Crippen LogP contribution in [-0.2, 0) is 4.18 Å². The second kappa shape index (κ2) is 6.96. The fourth-order valence-electron chi connectivity index (χ4n) is 1.79. The maximum Gasteiger partial charge on any atom is 0.308 e. The molecule has 1 saturated carbocycles. The van der Waals surface area contributed by atoms with Crippen molar-refractivity contribution in [3.8, 4) is 0 Å². The van der Waals surface area contributed by atoms with Crippen molar-refractivity contribution < 1.29 is 8.98 Å². The largest absolute Gasteiger partial charge is 0.320 e. The van der Waals surface area contributed by atoms with Crippen LogP contribution in [0.3, 0.4) is 0 Å². The molecule has 0 aromatic carbocycles. The van der Waals surface area contributed by atoms with Crippen LogP contribution < -0.4 is 5.32 Å². The van der Waals surface area contributed by atoms with E-state index in [0.29, 0.717) is 6.04 Å².